The molecule has 1 aromatic rings. The van der Waals surface area contributed by atoms with Crippen LogP contribution in [0.5, 0.6) is 0 Å². The number of piperazine rings is 1. The van der Waals surface area contributed by atoms with Crippen LogP contribution in [0.4, 0.5) is 10.1 Å². The standard InChI is InChI=1S/C14H20FIN2/c1-9(2)14-7-17-10(3)8-18(14)13-5-4-11(15)6-12(13)16/h4-6,9-10,14,17H,7-8H2,1-3H3. The monoisotopic (exact) mass is 362 g/mol. The van der Waals surface area contributed by atoms with Gasteiger partial charge in [-0.3, -0.25) is 0 Å². The number of halogens is 2. The molecule has 1 saturated heterocycles. The summed E-state index contributed by atoms with van der Waals surface area (Å²) < 4.78 is 14.2. The summed E-state index contributed by atoms with van der Waals surface area (Å²) in [5.41, 5.74) is 1.16. The van der Waals surface area contributed by atoms with Gasteiger partial charge in [-0.2, -0.15) is 0 Å². The molecule has 0 spiro atoms. The number of benzene rings is 1. The van der Waals surface area contributed by atoms with Gasteiger partial charge in [-0.25, -0.2) is 4.39 Å². The smallest absolute Gasteiger partial charge is 0.124 e. The average Bonchev–Trinajstić information content (AvgIpc) is 2.28. The fourth-order valence-electron chi connectivity index (χ4n) is 2.51. The zero-order valence-corrected chi connectivity index (χ0v) is 13.2. The van der Waals surface area contributed by atoms with Gasteiger partial charge in [0.2, 0.25) is 0 Å². The van der Waals surface area contributed by atoms with Crippen LogP contribution in [0.15, 0.2) is 18.2 Å². The molecule has 2 rings (SSSR count). The van der Waals surface area contributed by atoms with Crippen LogP contribution in [0.1, 0.15) is 20.8 Å². The number of nitrogens with one attached hydrogen (secondary N) is 1. The molecule has 1 fully saturated rings. The highest BCUT2D eigenvalue weighted by Crippen LogP contribution is 2.28. The Morgan fingerprint density at radius 1 is 1.44 bits per heavy atom. The Bertz CT molecular complexity index is 422. The van der Waals surface area contributed by atoms with E-state index in [0.29, 0.717) is 18.0 Å². The highest BCUT2D eigenvalue weighted by atomic mass is 127. The van der Waals surface area contributed by atoms with E-state index in [2.05, 4.69) is 53.6 Å². The minimum absolute atomic E-state index is 0.160. The molecule has 0 bridgehead atoms. The minimum Gasteiger partial charge on any atom is -0.365 e. The van der Waals surface area contributed by atoms with Gasteiger partial charge in [0.05, 0.1) is 5.69 Å². The minimum atomic E-state index is -0.160. The van der Waals surface area contributed by atoms with E-state index in [4.69, 9.17) is 0 Å². The Morgan fingerprint density at radius 3 is 2.78 bits per heavy atom. The van der Waals surface area contributed by atoms with E-state index in [-0.39, 0.29) is 5.82 Å². The van der Waals surface area contributed by atoms with Gasteiger partial charge in [0.25, 0.3) is 0 Å². The SMILES string of the molecule is CC1CN(c2ccc(F)cc2I)C(C(C)C)CN1. The van der Waals surface area contributed by atoms with Gasteiger partial charge in [-0.05, 0) is 53.6 Å². The first kappa shape index (κ1) is 14.1. The van der Waals surface area contributed by atoms with Crippen molar-refractivity contribution in [2.24, 2.45) is 5.92 Å². The van der Waals surface area contributed by atoms with E-state index < -0.39 is 0 Å². The third-order valence-electron chi connectivity index (χ3n) is 3.54. The lowest BCUT2D eigenvalue weighted by atomic mass is 9.98. The number of anilines is 1. The Labute approximate surface area is 122 Å². The van der Waals surface area contributed by atoms with Crippen molar-refractivity contribution in [1.82, 2.24) is 5.32 Å². The maximum absolute atomic E-state index is 13.2. The normalized spacial score (nSPS) is 24.7. The van der Waals surface area contributed by atoms with E-state index in [1.807, 2.05) is 6.07 Å². The van der Waals surface area contributed by atoms with Crippen molar-refractivity contribution >= 4 is 28.3 Å². The van der Waals surface area contributed by atoms with Crippen molar-refractivity contribution in [2.75, 3.05) is 18.0 Å². The van der Waals surface area contributed by atoms with E-state index >= 15 is 0 Å². The molecule has 0 saturated carbocycles. The summed E-state index contributed by atoms with van der Waals surface area (Å²) in [6.45, 7) is 8.65. The van der Waals surface area contributed by atoms with Crippen LogP contribution in [-0.2, 0) is 0 Å². The Balaban J connectivity index is 2.32. The van der Waals surface area contributed by atoms with Gasteiger partial charge in [0.15, 0.2) is 0 Å². The van der Waals surface area contributed by atoms with Crippen LogP contribution in [0.3, 0.4) is 0 Å². The molecule has 1 N–H and O–H groups in total. The lowest BCUT2D eigenvalue weighted by Gasteiger charge is -2.43. The number of rotatable bonds is 2. The molecule has 1 aliphatic heterocycles. The second-order valence-electron chi connectivity index (χ2n) is 5.37. The molecule has 2 unspecified atom stereocenters. The molecule has 2 atom stereocenters. The van der Waals surface area contributed by atoms with Gasteiger partial charge in [-0.15, -0.1) is 0 Å². The predicted octanol–water partition coefficient (Wildman–Crippen LogP) is 3.25. The molecular weight excluding hydrogens is 342 g/mol. The van der Waals surface area contributed by atoms with E-state index in [1.165, 1.54) is 0 Å². The molecule has 0 amide bonds. The summed E-state index contributed by atoms with van der Waals surface area (Å²) in [5.74, 6) is 0.415. The highest BCUT2D eigenvalue weighted by Gasteiger charge is 2.29. The number of hydrogen-bond donors (Lipinski definition) is 1. The van der Waals surface area contributed by atoms with Crippen molar-refractivity contribution in [1.29, 1.82) is 0 Å². The summed E-state index contributed by atoms with van der Waals surface area (Å²) in [4.78, 5) is 2.42. The largest absolute Gasteiger partial charge is 0.365 e. The third-order valence-corrected chi connectivity index (χ3v) is 4.40. The molecule has 18 heavy (non-hydrogen) atoms. The molecule has 4 heteroatoms. The van der Waals surface area contributed by atoms with Crippen molar-refractivity contribution in [3.8, 4) is 0 Å². The summed E-state index contributed by atoms with van der Waals surface area (Å²) in [7, 11) is 0. The molecule has 2 nitrogen and oxygen atoms in total. The van der Waals surface area contributed by atoms with Crippen LogP contribution in [0.25, 0.3) is 0 Å². The van der Waals surface area contributed by atoms with Crippen molar-refractivity contribution in [2.45, 2.75) is 32.9 Å². The fourth-order valence-corrected chi connectivity index (χ4v) is 3.30. The van der Waals surface area contributed by atoms with Crippen LogP contribution >= 0.6 is 22.6 Å². The number of hydrogen-bond acceptors (Lipinski definition) is 2. The molecule has 1 aromatic carbocycles. The molecule has 0 aliphatic carbocycles. The second kappa shape index (κ2) is 5.74. The third kappa shape index (κ3) is 2.96. The summed E-state index contributed by atoms with van der Waals surface area (Å²) >= 11 is 2.23. The van der Waals surface area contributed by atoms with E-state index in [0.717, 1.165) is 22.3 Å². The maximum Gasteiger partial charge on any atom is 0.124 e. The van der Waals surface area contributed by atoms with Gasteiger partial charge >= 0.3 is 0 Å². The topological polar surface area (TPSA) is 15.3 Å². The second-order valence-corrected chi connectivity index (χ2v) is 6.53. The average molecular weight is 362 g/mol. The van der Waals surface area contributed by atoms with E-state index in [1.54, 1.807) is 12.1 Å². The molecule has 0 aromatic heterocycles. The van der Waals surface area contributed by atoms with Crippen molar-refractivity contribution in [3.05, 3.63) is 27.6 Å². The van der Waals surface area contributed by atoms with Crippen molar-refractivity contribution in [3.63, 3.8) is 0 Å². The first-order valence-electron chi connectivity index (χ1n) is 6.44. The highest BCUT2D eigenvalue weighted by molar-refractivity contribution is 14.1. The lowest BCUT2D eigenvalue weighted by Crippen LogP contribution is -2.57. The molecular formula is C14H20FIN2. The van der Waals surface area contributed by atoms with Gasteiger partial charge in [0, 0.05) is 28.7 Å². The van der Waals surface area contributed by atoms with Crippen LogP contribution in [0.2, 0.25) is 0 Å². The summed E-state index contributed by atoms with van der Waals surface area (Å²) in [6.07, 6.45) is 0. The zero-order chi connectivity index (χ0) is 13.3. The van der Waals surface area contributed by atoms with E-state index in [9.17, 15) is 4.39 Å². The molecule has 100 valence electrons. The summed E-state index contributed by atoms with van der Waals surface area (Å²) in [6, 6.07) is 6.02. The first-order chi connectivity index (χ1) is 8.49. The maximum atomic E-state index is 13.2. The summed E-state index contributed by atoms with van der Waals surface area (Å²) in [5, 5.41) is 3.53. The van der Waals surface area contributed by atoms with Gasteiger partial charge < -0.3 is 10.2 Å². The fraction of sp³-hybridized carbons (Fsp3) is 0.571. The number of nitrogens with zero attached hydrogens (tertiary/aromatic N) is 1. The van der Waals surface area contributed by atoms with Crippen molar-refractivity contribution < 1.29 is 4.39 Å². The molecule has 1 aliphatic rings. The zero-order valence-electron chi connectivity index (χ0n) is 11.1. The van der Waals surface area contributed by atoms with Crippen LogP contribution in [-0.4, -0.2) is 25.2 Å². The van der Waals surface area contributed by atoms with Gasteiger partial charge in [-0.1, -0.05) is 13.8 Å². The van der Waals surface area contributed by atoms with Gasteiger partial charge in [0.1, 0.15) is 5.82 Å². The predicted molar refractivity (Wildman–Crippen MR) is 82.6 cm³/mol. The first-order valence-corrected chi connectivity index (χ1v) is 7.52. The molecule has 1 heterocycles. The van der Waals surface area contributed by atoms with Crippen LogP contribution < -0.4 is 10.2 Å². The Morgan fingerprint density at radius 2 is 2.17 bits per heavy atom. The molecule has 0 radical (unpaired) electrons. The van der Waals surface area contributed by atoms with Crippen LogP contribution in [0, 0.1) is 15.3 Å². The Hall–Kier alpha value is -0.360. The Kier molecular flexibility index (Phi) is 4.48. The quantitative estimate of drug-likeness (QED) is 0.813. The lowest BCUT2D eigenvalue weighted by molar-refractivity contribution is 0.349.